The Hall–Kier alpha value is -1.55. The summed E-state index contributed by atoms with van der Waals surface area (Å²) in [6, 6.07) is 5.33. The lowest BCUT2D eigenvalue weighted by Crippen LogP contribution is -2.34. The summed E-state index contributed by atoms with van der Waals surface area (Å²) < 4.78 is 11.2. The van der Waals surface area contributed by atoms with Gasteiger partial charge in [0.25, 0.3) is 0 Å². The maximum Gasteiger partial charge on any atom is 0.161 e. The van der Waals surface area contributed by atoms with E-state index in [1.165, 1.54) is 0 Å². The number of Topliss-reactive ketones (excluding diaryl/α,β-unsaturated/α-hetero) is 1. The molecule has 2 rings (SSSR count). The summed E-state index contributed by atoms with van der Waals surface area (Å²) in [7, 11) is 1.59. The second-order valence-electron chi connectivity index (χ2n) is 4.49. The first-order valence-corrected chi connectivity index (χ1v) is 6.27. The van der Waals surface area contributed by atoms with Crippen molar-refractivity contribution < 1.29 is 14.3 Å². The lowest BCUT2D eigenvalue weighted by Gasteiger charge is -2.24. The predicted octanol–water partition coefficient (Wildman–Crippen LogP) is 2.03. The monoisotopic (exact) mass is 249 g/mol. The molecular weight excluding hydrogens is 230 g/mol. The Morgan fingerprint density at radius 2 is 2.00 bits per heavy atom. The molecule has 0 amide bonds. The minimum Gasteiger partial charge on any atom is -0.493 e. The molecule has 1 aliphatic rings. The van der Waals surface area contributed by atoms with Gasteiger partial charge in [0.1, 0.15) is 6.10 Å². The van der Waals surface area contributed by atoms with E-state index >= 15 is 0 Å². The molecule has 0 radical (unpaired) electrons. The zero-order chi connectivity index (χ0) is 13.0. The summed E-state index contributed by atoms with van der Waals surface area (Å²) in [5.41, 5.74) is 0.643. The molecule has 1 aromatic carbocycles. The zero-order valence-electron chi connectivity index (χ0n) is 10.9. The maximum absolute atomic E-state index is 11.3. The van der Waals surface area contributed by atoms with Crippen LogP contribution in [0.1, 0.15) is 30.1 Å². The molecule has 1 N–H and O–H groups in total. The van der Waals surface area contributed by atoms with Crippen molar-refractivity contribution in [3.8, 4) is 11.5 Å². The average molecular weight is 249 g/mol. The zero-order valence-corrected chi connectivity index (χ0v) is 10.9. The van der Waals surface area contributed by atoms with Gasteiger partial charge < -0.3 is 14.8 Å². The normalized spacial score (nSPS) is 16.3. The van der Waals surface area contributed by atoms with Crippen molar-refractivity contribution in [3.63, 3.8) is 0 Å². The maximum atomic E-state index is 11.3. The largest absolute Gasteiger partial charge is 0.493 e. The fourth-order valence-electron chi connectivity index (χ4n) is 2.08. The minimum absolute atomic E-state index is 0.0294. The number of nitrogens with one attached hydrogen (secondary N) is 1. The number of hydrogen-bond acceptors (Lipinski definition) is 4. The number of methoxy groups -OCH3 is 1. The Labute approximate surface area is 107 Å². The first kappa shape index (κ1) is 12.9. The number of carbonyl (C=O) groups excluding carboxylic acids is 1. The van der Waals surface area contributed by atoms with Crippen LogP contribution in [0.15, 0.2) is 18.2 Å². The molecule has 1 saturated heterocycles. The molecule has 0 saturated carbocycles. The summed E-state index contributed by atoms with van der Waals surface area (Å²) in [5.74, 6) is 1.37. The fourth-order valence-corrected chi connectivity index (χ4v) is 2.08. The number of piperidine rings is 1. The average Bonchev–Trinajstić information content (AvgIpc) is 2.40. The van der Waals surface area contributed by atoms with Crippen LogP contribution in [0, 0.1) is 0 Å². The summed E-state index contributed by atoms with van der Waals surface area (Å²) in [5, 5.41) is 3.30. The fraction of sp³-hybridized carbons (Fsp3) is 0.500. The van der Waals surface area contributed by atoms with Crippen LogP contribution >= 0.6 is 0 Å². The molecule has 0 bridgehead atoms. The summed E-state index contributed by atoms with van der Waals surface area (Å²) in [6.45, 7) is 3.51. The quantitative estimate of drug-likeness (QED) is 0.829. The molecule has 0 atom stereocenters. The summed E-state index contributed by atoms with van der Waals surface area (Å²) in [4.78, 5) is 11.3. The highest BCUT2D eigenvalue weighted by molar-refractivity contribution is 5.94. The van der Waals surface area contributed by atoms with Crippen molar-refractivity contribution in [2.24, 2.45) is 0 Å². The van der Waals surface area contributed by atoms with Gasteiger partial charge in [-0.05, 0) is 51.1 Å². The van der Waals surface area contributed by atoms with Crippen molar-refractivity contribution in [2.45, 2.75) is 25.9 Å². The smallest absolute Gasteiger partial charge is 0.161 e. The Morgan fingerprint density at radius 3 is 2.61 bits per heavy atom. The van der Waals surface area contributed by atoms with E-state index in [0.29, 0.717) is 11.3 Å². The number of ketones is 1. The molecular formula is C14H19NO3. The molecule has 1 fully saturated rings. The molecule has 0 aliphatic carbocycles. The van der Waals surface area contributed by atoms with E-state index in [9.17, 15) is 4.79 Å². The second kappa shape index (κ2) is 5.87. The van der Waals surface area contributed by atoms with E-state index in [0.717, 1.165) is 31.7 Å². The van der Waals surface area contributed by atoms with Crippen LogP contribution in [0.5, 0.6) is 11.5 Å². The van der Waals surface area contributed by atoms with Gasteiger partial charge in [-0.15, -0.1) is 0 Å². The Kier molecular flexibility index (Phi) is 4.20. The van der Waals surface area contributed by atoms with Crippen LogP contribution in [0.2, 0.25) is 0 Å². The predicted molar refractivity (Wildman–Crippen MR) is 69.5 cm³/mol. The molecule has 1 aromatic rings. The lowest BCUT2D eigenvalue weighted by atomic mass is 10.1. The Morgan fingerprint density at radius 1 is 1.28 bits per heavy atom. The van der Waals surface area contributed by atoms with Crippen LogP contribution < -0.4 is 14.8 Å². The first-order chi connectivity index (χ1) is 8.70. The van der Waals surface area contributed by atoms with Crippen LogP contribution in [0.4, 0.5) is 0 Å². The van der Waals surface area contributed by atoms with Gasteiger partial charge in [-0.1, -0.05) is 0 Å². The SMILES string of the molecule is COc1cc(C(C)=O)ccc1OC1CCNCC1. The van der Waals surface area contributed by atoms with Gasteiger partial charge in [0.2, 0.25) is 0 Å². The molecule has 4 nitrogen and oxygen atoms in total. The molecule has 0 spiro atoms. The molecule has 1 aliphatic heterocycles. The molecule has 1 heterocycles. The highest BCUT2D eigenvalue weighted by Gasteiger charge is 2.17. The van der Waals surface area contributed by atoms with Gasteiger partial charge in [-0.2, -0.15) is 0 Å². The van der Waals surface area contributed by atoms with Crippen molar-refractivity contribution >= 4 is 5.78 Å². The van der Waals surface area contributed by atoms with Crippen molar-refractivity contribution in [1.82, 2.24) is 5.32 Å². The van der Waals surface area contributed by atoms with Crippen molar-refractivity contribution in [3.05, 3.63) is 23.8 Å². The highest BCUT2D eigenvalue weighted by atomic mass is 16.5. The molecule has 98 valence electrons. The van der Waals surface area contributed by atoms with Gasteiger partial charge in [0.15, 0.2) is 17.3 Å². The number of carbonyl (C=O) groups is 1. The third-order valence-corrected chi connectivity index (χ3v) is 3.15. The van der Waals surface area contributed by atoms with E-state index in [4.69, 9.17) is 9.47 Å². The van der Waals surface area contributed by atoms with Crippen LogP contribution in [0.3, 0.4) is 0 Å². The summed E-state index contributed by atoms with van der Waals surface area (Å²) >= 11 is 0. The van der Waals surface area contributed by atoms with E-state index in [1.807, 2.05) is 6.07 Å². The van der Waals surface area contributed by atoms with Gasteiger partial charge in [0.05, 0.1) is 7.11 Å². The highest BCUT2D eigenvalue weighted by Crippen LogP contribution is 2.30. The Balaban J connectivity index is 2.13. The molecule has 0 unspecified atom stereocenters. The van der Waals surface area contributed by atoms with Gasteiger partial charge >= 0.3 is 0 Å². The van der Waals surface area contributed by atoms with E-state index in [-0.39, 0.29) is 11.9 Å². The van der Waals surface area contributed by atoms with Crippen LogP contribution in [-0.4, -0.2) is 32.1 Å². The topological polar surface area (TPSA) is 47.6 Å². The Bertz CT molecular complexity index is 425. The molecule has 18 heavy (non-hydrogen) atoms. The molecule has 4 heteroatoms. The number of benzene rings is 1. The van der Waals surface area contributed by atoms with E-state index in [2.05, 4.69) is 5.32 Å². The third-order valence-electron chi connectivity index (χ3n) is 3.15. The van der Waals surface area contributed by atoms with E-state index in [1.54, 1.807) is 26.2 Å². The molecule has 0 aromatic heterocycles. The number of ether oxygens (including phenoxy) is 2. The lowest BCUT2D eigenvalue weighted by molar-refractivity contribution is 0.101. The van der Waals surface area contributed by atoms with Crippen molar-refractivity contribution in [2.75, 3.05) is 20.2 Å². The minimum atomic E-state index is 0.0294. The van der Waals surface area contributed by atoms with Crippen molar-refractivity contribution in [1.29, 1.82) is 0 Å². The van der Waals surface area contributed by atoms with Crippen LogP contribution in [0.25, 0.3) is 0 Å². The second-order valence-corrected chi connectivity index (χ2v) is 4.49. The number of rotatable bonds is 4. The summed E-state index contributed by atoms with van der Waals surface area (Å²) in [6.07, 6.45) is 2.22. The van der Waals surface area contributed by atoms with Gasteiger partial charge in [0, 0.05) is 5.56 Å². The van der Waals surface area contributed by atoms with Gasteiger partial charge in [-0.25, -0.2) is 0 Å². The standard InChI is InChI=1S/C14H19NO3/c1-10(16)11-3-4-13(14(9-11)17-2)18-12-5-7-15-8-6-12/h3-4,9,12,15H,5-8H2,1-2H3. The van der Waals surface area contributed by atoms with Crippen LogP contribution in [-0.2, 0) is 0 Å². The van der Waals surface area contributed by atoms with Gasteiger partial charge in [-0.3, -0.25) is 4.79 Å². The first-order valence-electron chi connectivity index (χ1n) is 6.27. The number of hydrogen-bond donors (Lipinski definition) is 1. The third kappa shape index (κ3) is 3.01. The van der Waals surface area contributed by atoms with E-state index < -0.39 is 0 Å².